The van der Waals surface area contributed by atoms with Crippen LogP contribution >= 0.6 is 0 Å². The van der Waals surface area contributed by atoms with Gasteiger partial charge in [0.1, 0.15) is 0 Å². The van der Waals surface area contributed by atoms with Crippen LogP contribution in [0.3, 0.4) is 0 Å². The second kappa shape index (κ2) is 23.2. The molecule has 0 aliphatic carbocycles. The van der Waals surface area contributed by atoms with Gasteiger partial charge in [-0.3, -0.25) is 0 Å². The Labute approximate surface area is 191 Å². The highest BCUT2D eigenvalue weighted by atomic mass is 28.4. The third-order valence-corrected chi connectivity index (χ3v) is 10.3. The molecule has 0 fully saturated rings. The van der Waals surface area contributed by atoms with E-state index in [9.17, 15) is 0 Å². The van der Waals surface area contributed by atoms with Crippen molar-refractivity contribution in [2.45, 2.75) is 24.9 Å². The van der Waals surface area contributed by atoms with Crippen molar-refractivity contribution in [1.82, 2.24) is 16.0 Å². The van der Waals surface area contributed by atoms with Crippen LogP contribution in [-0.2, 0) is 26.6 Å². The van der Waals surface area contributed by atoms with Gasteiger partial charge >= 0.3 is 17.6 Å². The average Bonchev–Trinajstić information content (AvgIpc) is 2.82. The van der Waals surface area contributed by atoms with Crippen molar-refractivity contribution < 1.29 is 26.6 Å². The topological polar surface area (TPSA) is 144 Å². The largest absolute Gasteiger partial charge is 0.500 e. The van der Waals surface area contributed by atoms with Crippen LogP contribution in [0.5, 0.6) is 0 Å². The molecule has 0 amide bonds. The van der Waals surface area contributed by atoms with Gasteiger partial charge in [0.05, 0.1) is 0 Å². The van der Waals surface area contributed by atoms with E-state index < -0.39 is 17.6 Å². The molecular formula is C18H49N5O6Si2. The first-order chi connectivity index (χ1) is 15.0. The molecule has 0 saturated heterocycles. The summed E-state index contributed by atoms with van der Waals surface area (Å²) in [4.78, 5) is 0. The van der Waals surface area contributed by atoms with Gasteiger partial charge < -0.3 is 54.0 Å². The molecule has 7 N–H and O–H groups in total. The Morgan fingerprint density at radius 1 is 0.484 bits per heavy atom. The Morgan fingerprint density at radius 2 is 0.774 bits per heavy atom. The summed E-state index contributed by atoms with van der Waals surface area (Å²) in [6, 6.07) is 1.66. The molecule has 0 aromatic heterocycles. The molecule has 0 atom stereocenters. The van der Waals surface area contributed by atoms with E-state index in [0.717, 1.165) is 64.2 Å². The Hall–Kier alpha value is -0.00623. The van der Waals surface area contributed by atoms with Crippen molar-refractivity contribution in [2.75, 3.05) is 95.0 Å². The molecule has 13 heteroatoms. The van der Waals surface area contributed by atoms with Gasteiger partial charge in [0.2, 0.25) is 0 Å². The van der Waals surface area contributed by atoms with Crippen LogP contribution in [0.4, 0.5) is 0 Å². The lowest BCUT2D eigenvalue weighted by molar-refractivity contribution is 0.122. The summed E-state index contributed by atoms with van der Waals surface area (Å²) in [5, 5.41) is 9.77. The van der Waals surface area contributed by atoms with Gasteiger partial charge in [-0.1, -0.05) is 0 Å². The van der Waals surface area contributed by atoms with E-state index in [-0.39, 0.29) is 0 Å². The lowest BCUT2D eigenvalue weighted by Crippen LogP contribution is -2.43. The van der Waals surface area contributed by atoms with Gasteiger partial charge in [-0.05, 0) is 25.9 Å². The van der Waals surface area contributed by atoms with Crippen LogP contribution < -0.4 is 27.4 Å². The van der Waals surface area contributed by atoms with Gasteiger partial charge in [-0.2, -0.15) is 0 Å². The maximum absolute atomic E-state index is 5.36. The molecule has 0 bridgehead atoms. The number of nitrogens with two attached hydrogens (primary N) is 2. The summed E-state index contributed by atoms with van der Waals surface area (Å²) < 4.78 is 31.9. The van der Waals surface area contributed by atoms with E-state index in [0.29, 0.717) is 13.1 Å². The van der Waals surface area contributed by atoms with Crippen LogP contribution in [0, 0.1) is 0 Å². The van der Waals surface area contributed by atoms with Crippen LogP contribution in [0.25, 0.3) is 0 Å². The second-order valence-corrected chi connectivity index (χ2v) is 12.8. The molecule has 0 aliphatic heterocycles. The maximum atomic E-state index is 5.36. The number of rotatable bonds is 21. The van der Waals surface area contributed by atoms with Gasteiger partial charge in [0, 0.05) is 94.0 Å². The molecule has 0 heterocycles. The van der Waals surface area contributed by atoms with Gasteiger partial charge in [0.15, 0.2) is 0 Å². The summed E-state index contributed by atoms with van der Waals surface area (Å²) in [6.45, 7) is 6.82. The quantitative estimate of drug-likeness (QED) is 0.102. The molecule has 0 aliphatic rings. The zero-order valence-electron chi connectivity index (χ0n) is 20.6. The number of nitrogens with one attached hydrogen (secondary N) is 3. The number of hydrogen-bond acceptors (Lipinski definition) is 11. The van der Waals surface area contributed by atoms with E-state index in [2.05, 4.69) is 16.0 Å². The Bertz CT molecular complexity index is 354. The molecule has 0 rings (SSSR count). The van der Waals surface area contributed by atoms with Crippen molar-refractivity contribution in [3.05, 3.63) is 0 Å². The zero-order chi connectivity index (χ0) is 23.8. The van der Waals surface area contributed by atoms with Crippen molar-refractivity contribution in [3.63, 3.8) is 0 Å². The van der Waals surface area contributed by atoms with Crippen LogP contribution in [-0.4, -0.2) is 113 Å². The van der Waals surface area contributed by atoms with E-state index in [1.54, 1.807) is 42.7 Å². The highest BCUT2D eigenvalue weighted by Crippen LogP contribution is 2.14. The summed E-state index contributed by atoms with van der Waals surface area (Å²) in [5.41, 5.74) is 10.7. The fraction of sp³-hybridized carbons (Fsp3) is 1.00. The molecule has 0 aromatic rings. The molecule has 190 valence electrons. The lowest BCUT2D eigenvalue weighted by atomic mass is 10.4. The first-order valence-electron chi connectivity index (χ1n) is 10.8. The molecule has 0 unspecified atom stereocenters. The Balaban J connectivity index is 0. The minimum atomic E-state index is -2.37. The summed E-state index contributed by atoms with van der Waals surface area (Å²) in [6.07, 6.45) is 1.96. The average molecular weight is 488 g/mol. The number of hydrogen-bond donors (Lipinski definition) is 5. The zero-order valence-corrected chi connectivity index (χ0v) is 22.6. The Kier molecular flexibility index (Phi) is 24.8. The normalized spacial score (nSPS) is 12.0. The van der Waals surface area contributed by atoms with Crippen LogP contribution in [0.15, 0.2) is 0 Å². The van der Waals surface area contributed by atoms with E-state index in [1.165, 1.54) is 0 Å². The minimum Gasteiger partial charge on any atom is -0.377 e. The highest BCUT2D eigenvalue weighted by Gasteiger charge is 2.37. The van der Waals surface area contributed by atoms with Crippen molar-refractivity contribution >= 4 is 17.6 Å². The standard InChI is InChI=1S/C10H27N3O3Si.C8H22N2O3Si/c1-14-17(15-2,16-3)10-4-6-12-8-9-13-7-5-11;1-11-14(12-2,13-3)8-4-6-10-7-5-9/h12-13H,4-11H2,1-3H3;10H,4-9H2,1-3H3. The van der Waals surface area contributed by atoms with Gasteiger partial charge in [0.25, 0.3) is 0 Å². The SMILES string of the molecule is CO[Si](CCCNCCN)(OC)OC.CO[Si](CCCNCCNCCN)(OC)OC. The predicted octanol–water partition coefficient (Wildman–Crippen LogP) is -0.805. The smallest absolute Gasteiger partial charge is 0.377 e. The summed E-state index contributed by atoms with van der Waals surface area (Å²) in [5.74, 6) is 0. The van der Waals surface area contributed by atoms with Crippen molar-refractivity contribution in [3.8, 4) is 0 Å². The molecule has 0 spiro atoms. The van der Waals surface area contributed by atoms with Crippen LogP contribution in [0.2, 0.25) is 12.1 Å². The van der Waals surface area contributed by atoms with Crippen LogP contribution in [0.1, 0.15) is 12.8 Å². The molecule has 0 aromatic carbocycles. The lowest BCUT2D eigenvalue weighted by Gasteiger charge is -2.24. The van der Waals surface area contributed by atoms with E-state index >= 15 is 0 Å². The van der Waals surface area contributed by atoms with Crippen molar-refractivity contribution in [2.24, 2.45) is 11.5 Å². The Morgan fingerprint density at radius 3 is 1.06 bits per heavy atom. The second-order valence-electron chi connectivity index (χ2n) is 6.63. The molecular weight excluding hydrogens is 438 g/mol. The molecule has 0 radical (unpaired) electrons. The fourth-order valence-corrected chi connectivity index (χ4v) is 6.17. The van der Waals surface area contributed by atoms with Gasteiger partial charge in [-0.15, -0.1) is 0 Å². The monoisotopic (exact) mass is 487 g/mol. The third kappa shape index (κ3) is 17.2. The summed E-state index contributed by atoms with van der Waals surface area (Å²) >= 11 is 0. The van der Waals surface area contributed by atoms with Crippen molar-refractivity contribution in [1.29, 1.82) is 0 Å². The van der Waals surface area contributed by atoms with Gasteiger partial charge in [-0.25, -0.2) is 0 Å². The van der Waals surface area contributed by atoms with E-state index in [4.69, 9.17) is 38.0 Å². The predicted molar refractivity (Wildman–Crippen MR) is 129 cm³/mol. The minimum absolute atomic E-state index is 0.668. The fourth-order valence-electron chi connectivity index (χ4n) is 2.73. The summed E-state index contributed by atoms with van der Waals surface area (Å²) in [7, 11) is 5.10. The maximum Gasteiger partial charge on any atom is 0.500 e. The third-order valence-electron chi connectivity index (χ3n) is 4.66. The van der Waals surface area contributed by atoms with E-state index in [1.807, 2.05) is 0 Å². The molecule has 31 heavy (non-hydrogen) atoms. The molecule has 11 nitrogen and oxygen atoms in total. The first-order valence-corrected chi connectivity index (χ1v) is 14.7. The highest BCUT2D eigenvalue weighted by molar-refractivity contribution is 6.60. The molecule has 0 saturated carbocycles. The first kappa shape index (κ1) is 33.2.